The second kappa shape index (κ2) is 7.30. The molecular formula is C21H24N2O3. The van der Waals surface area contributed by atoms with Crippen LogP contribution in [-0.2, 0) is 4.84 Å². The van der Waals surface area contributed by atoms with Gasteiger partial charge in [0.2, 0.25) is 0 Å². The van der Waals surface area contributed by atoms with Gasteiger partial charge in [-0.3, -0.25) is 4.79 Å². The van der Waals surface area contributed by atoms with Crippen LogP contribution < -0.4 is 0 Å². The highest BCUT2D eigenvalue weighted by Crippen LogP contribution is 2.30. The highest BCUT2D eigenvalue weighted by atomic mass is 16.6. The van der Waals surface area contributed by atoms with Crippen molar-refractivity contribution in [1.82, 2.24) is 4.90 Å². The fourth-order valence-corrected chi connectivity index (χ4v) is 3.46. The predicted octanol–water partition coefficient (Wildman–Crippen LogP) is 3.26. The summed E-state index contributed by atoms with van der Waals surface area (Å²) in [6.45, 7) is 4.18. The van der Waals surface area contributed by atoms with E-state index in [0.29, 0.717) is 18.5 Å². The molecule has 5 nitrogen and oxygen atoms in total. The molecule has 0 bridgehead atoms. The Morgan fingerprint density at radius 1 is 1.23 bits per heavy atom. The summed E-state index contributed by atoms with van der Waals surface area (Å²) < 4.78 is 0. The summed E-state index contributed by atoms with van der Waals surface area (Å²) in [6, 6.07) is 15.8. The van der Waals surface area contributed by atoms with Crippen LogP contribution in [0.15, 0.2) is 53.7 Å². The lowest BCUT2D eigenvalue weighted by Gasteiger charge is -2.32. The first-order valence-electron chi connectivity index (χ1n) is 8.66. The molecule has 0 spiro atoms. The van der Waals surface area contributed by atoms with E-state index in [1.807, 2.05) is 43.3 Å². The lowest BCUT2D eigenvalue weighted by atomic mass is 9.97. The molecule has 1 unspecified atom stereocenters. The van der Waals surface area contributed by atoms with E-state index in [-0.39, 0.29) is 12.5 Å². The van der Waals surface area contributed by atoms with Gasteiger partial charge in [-0.25, -0.2) is 0 Å². The fourth-order valence-electron chi connectivity index (χ4n) is 3.46. The molecular weight excluding hydrogens is 328 g/mol. The highest BCUT2D eigenvalue weighted by molar-refractivity contribution is 6.01. The Labute approximate surface area is 153 Å². The molecule has 2 aromatic rings. The molecule has 3 rings (SSSR count). The molecule has 0 saturated carbocycles. The molecule has 1 saturated heterocycles. The second-order valence-corrected chi connectivity index (χ2v) is 6.96. The van der Waals surface area contributed by atoms with Gasteiger partial charge >= 0.3 is 0 Å². The van der Waals surface area contributed by atoms with Crippen LogP contribution in [0.2, 0.25) is 0 Å². The molecule has 0 aliphatic carbocycles. The third-order valence-electron chi connectivity index (χ3n) is 4.97. The standard InChI is InChI=1S/C21H24N2O3/c1-15-6-4-5-7-19(15)16-8-10-17(11-9-16)20(25)23-13-18(22-26-3)12-21(23,2)14-24/h4-11,24H,12-14H2,1-3H3/b22-18+. The van der Waals surface area contributed by atoms with Crippen LogP contribution in [-0.4, -0.2) is 47.4 Å². The van der Waals surface area contributed by atoms with E-state index in [9.17, 15) is 9.90 Å². The summed E-state index contributed by atoms with van der Waals surface area (Å²) in [5, 5.41) is 13.8. The first-order valence-corrected chi connectivity index (χ1v) is 8.66. The third kappa shape index (κ3) is 3.35. The lowest BCUT2D eigenvalue weighted by Crippen LogP contribution is -2.47. The summed E-state index contributed by atoms with van der Waals surface area (Å²) in [5.74, 6) is -0.112. The van der Waals surface area contributed by atoms with Crippen molar-refractivity contribution in [1.29, 1.82) is 0 Å². The molecule has 136 valence electrons. The zero-order valence-electron chi connectivity index (χ0n) is 15.4. The van der Waals surface area contributed by atoms with Gasteiger partial charge in [0.15, 0.2) is 0 Å². The molecule has 5 heteroatoms. The molecule has 2 aromatic carbocycles. The van der Waals surface area contributed by atoms with E-state index in [4.69, 9.17) is 4.84 Å². The molecule has 1 heterocycles. The van der Waals surface area contributed by atoms with Crippen molar-refractivity contribution in [3.05, 3.63) is 59.7 Å². The zero-order valence-corrected chi connectivity index (χ0v) is 15.4. The number of amides is 1. The smallest absolute Gasteiger partial charge is 0.254 e. The van der Waals surface area contributed by atoms with Crippen LogP contribution >= 0.6 is 0 Å². The summed E-state index contributed by atoms with van der Waals surface area (Å²) in [6.07, 6.45) is 0.504. The van der Waals surface area contributed by atoms with Crippen molar-refractivity contribution in [3.8, 4) is 11.1 Å². The van der Waals surface area contributed by atoms with Gasteiger partial charge in [0, 0.05) is 12.0 Å². The van der Waals surface area contributed by atoms with Crippen molar-refractivity contribution in [2.45, 2.75) is 25.8 Å². The van der Waals surface area contributed by atoms with Crippen LogP contribution in [0, 0.1) is 6.92 Å². The molecule has 0 aromatic heterocycles. The van der Waals surface area contributed by atoms with Crippen molar-refractivity contribution in [2.24, 2.45) is 5.16 Å². The normalized spacial score (nSPS) is 21.2. The minimum atomic E-state index is -0.664. The Hall–Kier alpha value is -2.66. The predicted molar refractivity (Wildman–Crippen MR) is 102 cm³/mol. The number of aryl methyl sites for hydroxylation is 1. The second-order valence-electron chi connectivity index (χ2n) is 6.96. The maximum atomic E-state index is 13.0. The fraction of sp³-hybridized carbons (Fsp3) is 0.333. The summed E-state index contributed by atoms with van der Waals surface area (Å²) in [5.41, 5.74) is 4.12. The van der Waals surface area contributed by atoms with Crippen molar-refractivity contribution >= 4 is 11.6 Å². The minimum absolute atomic E-state index is 0.112. The Morgan fingerprint density at radius 2 is 1.92 bits per heavy atom. The van der Waals surface area contributed by atoms with Crippen LogP contribution in [0.3, 0.4) is 0 Å². The van der Waals surface area contributed by atoms with E-state index >= 15 is 0 Å². The van der Waals surface area contributed by atoms with E-state index in [0.717, 1.165) is 16.8 Å². The molecule has 26 heavy (non-hydrogen) atoms. The van der Waals surface area contributed by atoms with Gasteiger partial charge in [-0.1, -0.05) is 41.6 Å². The first-order chi connectivity index (χ1) is 12.5. The van der Waals surface area contributed by atoms with Crippen molar-refractivity contribution < 1.29 is 14.7 Å². The zero-order chi connectivity index (χ0) is 18.7. The Balaban J connectivity index is 1.86. The van der Waals surface area contributed by atoms with Gasteiger partial charge in [0.1, 0.15) is 7.11 Å². The van der Waals surface area contributed by atoms with E-state index < -0.39 is 5.54 Å². The Bertz CT molecular complexity index is 829. The van der Waals surface area contributed by atoms with E-state index in [2.05, 4.69) is 24.2 Å². The number of aliphatic hydroxyl groups is 1. The first kappa shape index (κ1) is 18.1. The van der Waals surface area contributed by atoms with Crippen LogP contribution in [0.1, 0.15) is 29.3 Å². The number of hydrogen-bond donors (Lipinski definition) is 1. The average molecular weight is 352 g/mol. The number of rotatable bonds is 4. The van der Waals surface area contributed by atoms with Gasteiger partial charge in [-0.2, -0.15) is 0 Å². The molecule has 1 amide bonds. The number of aliphatic hydroxyl groups excluding tert-OH is 1. The lowest BCUT2D eigenvalue weighted by molar-refractivity contribution is 0.0473. The summed E-state index contributed by atoms with van der Waals surface area (Å²) in [4.78, 5) is 19.5. The van der Waals surface area contributed by atoms with E-state index in [1.165, 1.54) is 12.7 Å². The van der Waals surface area contributed by atoms with Crippen molar-refractivity contribution in [2.75, 3.05) is 20.3 Å². The molecule has 1 aliphatic heterocycles. The van der Waals surface area contributed by atoms with Gasteiger partial charge in [-0.05, 0) is 42.7 Å². The van der Waals surface area contributed by atoms with Crippen LogP contribution in [0.25, 0.3) is 11.1 Å². The average Bonchev–Trinajstić information content (AvgIpc) is 2.99. The molecule has 1 aliphatic rings. The van der Waals surface area contributed by atoms with Crippen LogP contribution in [0.5, 0.6) is 0 Å². The Kier molecular flexibility index (Phi) is 5.09. The molecule has 0 radical (unpaired) electrons. The third-order valence-corrected chi connectivity index (χ3v) is 4.97. The molecule has 1 fully saturated rings. The summed E-state index contributed by atoms with van der Waals surface area (Å²) in [7, 11) is 1.48. The Morgan fingerprint density at radius 3 is 2.54 bits per heavy atom. The maximum absolute atomic E-state index is 13.0. The number of oxime groups is 1. The number of likely N-dealkylation sites (tertiary alicyclic amines) is 1. The maximum Gasteiger partial charge on any atom is 0.254 e. The van der Waals surface area contributed by atoms with Crippen molar-refractivity contribution in [3.63, 3.8) is 0 Å². The quantitative estimate of drug-likeness (QED) is 0.859. The number of hydrogen-bond acceptors (Lipinski definition) is 4. The molecule has 1 atom stereocenters. The minimum Gasteiger partial charge on any atom is -0.399 e. The molecule has 1 N–H and O–H groups in total. The number of benzene rings is 2. The summed E-state index contributed by atoms with van der Waals surface area (Å²) >= 11 is 0. The largest absolute Gasteiger partial charge is 0.399 e. The number of nitrogens with zero attached hydrogens (tertiary/aromatic N) is 2. The number of carbonyl (C=O) groups is 1. The van der Waals surface area contributed by atoms with Gasteiger partial charge in [0.05, 0.1) is 24.4 Å². The van der Waals surface area contributed by atoms with Gasteiger partial charge in [0.25, 0.3) is 5.91 Å². The van der Waals surface area contributed by atoms with E-state index in [1.54, 1.807) is 4.90 Å². The highest BCUT2D eigenvalue weighted by Gasteiger charge is 2.43. The monoisotopic (exact) mass is 352 g/mol. The SMILES string of the molecule is CO/N=C1/CN(C(=O)c2ccc(-c3ccccc3C)cc2)C(C)(CO)C1. The number of carbonyl (C=O) groups excluding carboxylic acids is 1. The van der Waals surface area contributed by atoms with Gasteiger partial charge < -0.3 is 14.8 Å². The topological polar surface area (TPSA) is 62.1 Å². The van der Waals surface area contributed by atoms with Gasteiger partial charge in [-0.15, -0.1) is 0 Å². The van der Waals surface area contributed by atoms with Crippen LogP contribution in [0.4, 0.5) is 0 Å².